The molecular weight excluding hydrogens is 312 g/mol. The summed E-state index contributed by atoms with van der Waals surface area (Å²) in [7, 11) is 0. The zero-order valence-corrected chi connectivity index (χ0v) is 13.9. The molecule has 0 amide bonds. The summed E-state index contributed by atoms with van der Waals surface area (Å²) in [6.45, 7) is 5.67. The molecule has 1 aromatic carbocycles. The van der Waals surface area contributed by atoms with Gasteiger partial charge < -0.3 is 10.1 Å². The topological polar surface area (TPSA) is 98.5 Å². The number of nitrogens with one attached hydrogen (secondary N) is 1. The molecule has 1 N–H and O–H groups in total. The normalized spacial score (nSPS) is 16.7. The number of rotatable bonds is 5. The molecule has 0 saturated heterocycles. The lowest BCUT2D eigenvalue weighted by atomic mass is 9.77. The predicted molar refractivity (Wildman–Crippen MR) is 88.1 cm³/mol. The number of nitro groups is 1. The van der Waals surface area contributed by atoms with Crippen molar-refractivity contribution in [3.63, 3.8) is 0 Å². The molecule has 1 aliphatic carbocycles. The van der Waals surface area contributed by atoms with Crippen LogP contribution in [-0.4, -0.2) is 23.3 Å². The fraction of sp³-hybridized carbons (Fsp3) is 0.412. The van der Waals surface area contributed by atoms with Gasteiger partial charge in [-0.2, -0.15) is 0 Å². The van der Waals surface area contributed by atoms with Crippen LogP contribution in [0.3, 0.4) is 0 Å². The molecule has 1 aromatic rings. The maximum atomic E-state index is 12.1. The SMILES string of the molecule is CCOC(=O)c1ccccc1NC1=C([N+](=O)[O-])C(=O)CC(C)(C)C1. The third kappa shape index (κ3) is 3.79. The van der Waals surface area contributed by atoms with Gasteiger partial charge in [-0.05, 0) is 24.5 Å². The molecule has 7 nitrogen and oxygen atoms in total. The summed E-state index contributed by atoms with van der Waals surface area (Å²) in [6, 6.07) is 6.58. The summed E-state index contributed by atoms with van der Waals surface area (Å²) in [5.41, 5.74) is 0.0461. The number of ether oxygens (including phenoxy) is 1. The zero-order valence-electron chi connectivity index (χ0n) is 13.9. The second-order valence-corrected chi connectivity index (χ2v) is 6.42. The lowest BCUT2D eigenvalue weighted by Gasteiger charge is -2.29. The molecule has 0 unspecified atom stereocenters. The molecule has 24 heavy (non-hydrogen) atoms. The Bertz CT molecular complexity index is 721. The molecule has 0 bridgehead atoms. The van der Waals surface area contributed by atoms with E-state index in [0.29, 0.717) is 12.1 Å². The Morgan fingerprint density at radius 3 is 2.62 bits per heavy atom. The van der Waals surface area contributed by atoms with Crippen LogP contribution in [0, 0.1) is 15.5 Å². The van der Waals surface area contributed by atoms with Gasteiger partial charge in [-0.15, -0.1) is 0 Å². The number of Topliss-reactive ketones (excluding diaryl/α,β-unsaturated/α-hetero) is 1. The minimum absolute atomic E-state index is 0.119. The van der Waals surface area contributed by atoms with Gasteiger partial charge in [0.2, 0.25) is 5.78 Å². The molecule has 0 aliphatic heterocycles. The number of hydrogen-bond acceptors (Lipinski definition) is 6. The molecule has 128 valence electrons. The standard InChI is InChI=1S/C17H20N2O5/c1-4-24-16(21)11-7-5-6-8-12(11)18-13-9-17(2,3)10-14(20)15(13)19(22)23/h5-8,18H,4,9-10H2,1-3H3. The molecule has 0 fully saturated rings. The van der Waals surface area contributed by atoms with E-state index in [4.69, 9.17) is 4.74 Å². The van der Waals surface area contributed by atoms with E-state index in [0.717, 1.165) is 0 Å². The highest BCUT2D eigenvalue weighted by Crippen LogP contribution is 2.37. The number of benzene rings is 1. The first-order chi connectivity index (χ1) is 11.2. The molecule has 0 aromatic heterocycles. The number of nitrogens with zero attached hydrogens (tertiary/aromatic N) is 1. The smallest absolute Gasteiger partial charge is 0.340 e. The third-order valence-corrected chi connectivity index (χ3v) is 3.73. The molecule has 1 aliphatic rings. The fourth-order valence-electron chi connectivity index (χ4n) is 2.77. The number of esters is 1. The van der Waals surface area contributed by atoms with Crippen LogP contribution >= 0.6 is 0 Å². The van der Waals surface area contributed by atoms with Crippen LogP contribution in [-0.2, 0) is 9.53 Å². The van der Waals surface area contributed by atoms with Gasteiger partial charge in [0.15, 0.2) is 0 Å². The molecule has 0 heterocycles. The zero-order chi connectivity index (χ0) is 17.9. The third-order valence-electron chi connectivity index (χ3n) is 3.73. The van der Waals surface area contributed by atoms with Gasteiger partial charge in [-0.1, -0.05) is 26.0 Å². The van der Waals surface area contributed by atoms with Crippen LogP contribution in [0.25, 0.3) is 0 Å². The van der Waals surface area contributed by atoms with Gasteiger partial charge in [0.05, 0.1) is 28.5 Å². The van der Waals surface area contributed by atoms with Crippen molar-refractivity contribution in [2.75, 3.05) is 11.9 Å². The van der Waals surface area contributed by atoms with E-state index in [2.05, 4.69) is 5.32 Å². The highest BCUT2D eigenvalue weighted by atomic mass is 16.6. The van der Waals surface area contributed by atoms with E-state index >= 15 is 0 Å². The minimum Gasteiger partial charge on any atom is -0.462 e. The summed E-state index contributed by atoms with van der Waals surface area (Å²) >= 11 is 0. The van der Waals surface area contributed by atoms with E-state index < -0.39 is 27.8 Å². The van der Waals surface area contributed by atoms with Crippen molar-refractivity contribution < 1.29 is 19.2 Å². The van der Waals surface area contributed by atoms with Crippen LogP contribution in [0.2, 0.25) is 0 Å². The van der Waals surface area contributed by atoms with E-state index in [1.54, 1.807) is 31.2 Å². The first kappa shape index (κ1) is 17.7. The number of hydrogen-bond donors (Lipinski definition) is 1. The predicted octanol–water partition coefficient (Wildman–Crippen LogP) is 3.15. The Hall–Kier alpha value is -2.70. The first-order valence-electron chi connectivity index (χ1n) is 7.69. The first-order valence-corrected chi connectivity index (χ1v) is 7.69. The number of ketones is 1. The Labute approximate surface area is 139 Å². The van der Waals surface area contributed by atoms with Crippen molar-refractivity contribution in [3.8, 4) is 0 Å². The van der Waals surface area contributed by atoms with E-state index in [9.17, 15) is 19.7 Å². The number of para-hydroxylation sites is 1. The molecule has 7 heteroatoms. The van der Waals surface area contributed by atoms with Gasteiger partial charge >= 0.3 is 11.7 Å². The van der Waals surface area contributed by atoms with Crippen molar-refractivity contribution >= 4 is 17.4 Å². The van der Waals surface area contributed by atoms with Gasteiger partial charge in [0.25, 0.3) is 0 Å². The summed E-state index contributed by atoms with van der Waals surface area (Å²) in [6.07, 6.45) is 0.459. The quantitative estimate of drug-likeness (QED) is 0.505. The number of allylic oxidation sites excluding steroid dienone is 2. The van der Waals surface area contributed by atoms with E-state index in [1.165, 1.54) is 0 Å². The Kier molecular flexibility index (Phi) is 5.02. The van der Waals surface area contributed by atoms with Crippen LogP contribution in [0.5, 0.6) is 0 Å². The second-order valence-electron chi connectivity index (χ2n) is 6.42. The molecule has 0 atom stereocenters. The average Bonchev–Trinajstić information content (AvgIpc) is 2.45. The number of carbonyl (C=O) groups is 2. The van der Waals surface area contributed by atoms with Gasteiger partial charge in [-0.25, -0.2) is 4.79 Å². The van der Waals surface area contributed by atoms with Crippen molar-refractivity contribution in [3.05, 3.63) is 51.3 Å². The Balaban J connectivity index is 2.45. The maximum Gasteiger partial charge on any atom is 0.340 e. The number of anilines is 1. The molecule has 0 spiro atoms. The second kappa shape index (κ2) is 6.82. The largest absolute Gasteiger partial charge is 0.462 e. The van der Waals surface area contributed by atoms with Crippen LogP contribution in [0.1, 0.15) is 44.0 Å². The number of carbonyl (C=O) groups excluding carboxylic acids is 2. The van der Waals surface area contributed by atoms with Gasteiger partial charge in [0.1, 0.15) is 0 Å². The van der Waals surface area contributed by atoms with E-state index in [1.807, 2.05) is 13.8 Å². The Morgan fingerprint density at radius 1 is 1.33 bits per heavy atom. The summed E-state index contributed by atoms with van der Waals surface area (Å²) in [5, 5.41) is 14.2. The van der Waals surface area contributed by atoms with Gasteiger partial charge in [0, 0.05) is 12.8 Å². The van der Waals surface area contributed by atoms with Crippen molar-refractivity contribution in [1.82, 2.24) is 0 Å². The molecule has 0 radical (unpaired) electrons. The van der Waals surface area contributed by atoms with Crippen molar-refractivity contribution in [1.29, 1.82) is 0 Å². The Morgan fingerprint density at radius 2 is 2.00 bits per heavy atom. The van der Waals surface area contributed by atoms with Crippen LogP contribution < -0.4 is 5.32 Å². The van der Waals surface area contributed by atoms with Gasteiger partial charge in [-0.3, -0.25) is 14.9 Å². The highest BCUT2D eigenvalue weighted by Gasteiger charge is 2.40. The lowest BCUT2D eigenvalue weighted by Crippen LogP contribution is -2.31. The van der Waals surface area contributed by atoms with Crippen LogP contribution in [0.4, 0.5) is 5.69 Å². The monoisotopic (exact) mass is 332 g/mol. The fourth-order valence-corrected chi connectivity index (χ4v) is 2.77. The van der Waals surface area contributed by atoms with Crippen LogP contribution in [0.15, 0.2) is 35.7 Å². The minimum atomic E-state index is -0.660. The van der Waals surface area contributed by atoms with Crippen molar-refractivity contribution in [2.45, 2.75) is 33.6 Å². The maximum absolute atomic E-state index is 12.1. The summed E-state index contributed by atoms with van der Waals surface area (Å²) < 4.78 is 5.00. The average molecular weight is 332 g/mol. The lowest BCUT2D eigenvalue weighted by molar-refractivity contribution is -0.420. The molecular formula is C17H20N2O5. The van der Waals surface area contributed by atoms with E-state index in [-0.39, 0.29) is 24.3 Å². The molecule has 2 rings (SSSR count). The van der Waals surface area contributed by atoms with Crippen molar-refractivity contribution in [2.24, 2.45) is 5.41 Å². The summed E-state index contributed by atoms with van der Waals surface area (Å²) in [4.78, 5) is 34.8. The summed E-state index contributed by atoms with van der Waals surface area (Å²) in [5.74, 6) is -1.03. The molecule has 0 saturated carbocycles. The highest BCUT2D eigenvalue weighted by molar-refractivity contribution is 5.98.